The molecule has 0 unspecified atom stereocenters. The van der Waals surface area contributed by atoms with Crippen molar-refractivity contribution in [3.05, 3.63) is 39.7 Å². The minimum atomic E-state index is -0.525. The topological polar surface area (TPSA) is 56.5 Å². The molecule has 1 aliphatic carbocycles. The van der Waals surface area contributed by atoms with Gasteiger partial charge in [0.05, 0.1) is 7.11 Å². The number of hydrogen-bond acceptors (Lipinski definition) is 4. The van der Waals surface area contributed by atoms with E-state index in [0.29, 0.717) is 17.8 Å². The second-order valence-corrected chi connectivity index (χ2v) is 4.74. The number of Topliss-reactive ketones (excluding diaryl/α,β-unsaturated/α-hetero) is 1. The van der Waals surface area contributed by atoms with Gasteiger partial charge in [-0.1, -0.05) is 0 Å². The van der Waals surface area contributed by atoms with Crippen molar-refractivity contribution in [1.29, 1.82) is 0 Å². The fraction of sp³-hybridized carbons (Fsp3) is 0.333. The number of aryl methyl sites for hydroxylation is 1. The van der Waals surface area contributed by atoms with Gasteiger partial charge in [0.1, 0.15) is 16.9 Å². The van der Waals surface area contributed by atoms with Gasteiger partial charge in [0.2, 0.25) is 0 Å². The van der Waals surface area contributed by atoms with Crippen molar-refractivity contribution in [2.75, 3.05) is 7.11 Å². The molecule has 0 radical (unpaired) electrons. The minimum absolute atomic E-state index is 0.0982. The van der Waals surface area contributed by atoms with Gasteiger partial charge in [0, 0.05) is 17.9 Å². The average Bonchev–Trinajstić information content (AvgIpc) is 2.60. The minimum Gasteiger partial charge on any atom is -0.497 e. The van der Waals surface area contributed by atoms with Crippen molar-refractivity contribution < 1.29 is 13.9 Å². The molecule has 0 aliphatic heterocycles. The average molecular weight is 258 g/mol. The van der Waals surface area contributed by atoms with Crippen molar-refractivity contribution in [2.45, 2.75) is 25.7 Å². The summed E-state index contributed by atoms with van der Waals surface area (Å²) < 4.78 is 10.4. The molecular formula is C15H14O4. The van der Waals surface area contributed by atoms with E-state index in [1.807, 2.05) is 12.1 Å². The Morgan fingerprint density at radius 2 is 1.95 bits per heavy atom. The van der Waals surface area contributed by atoms with Crippen molar-refractivity contribution in [2.24, 2.45) is 0 Å². The molecule has 0 amide bonds. The summed E-state index contributed by atoms with van der Waals surface area (Å²) in [6.45, 7) is 0. The van der Waals surface area contributed by atoms with Gasteiger partial charge in [-0.25, -0.2) is 4.79 Å². The highest BCUT2D eigenvalue weighted by Gasteiger charge is 2.23. The Kier molecular flexibility index (Phi) is 2.85. The van der Waals surface area contributed by atoms with Crippen LogP contribution in [0.2, 0.25) is 0 Å². The predicted molar refractivity (Wildman–Crippen MR) is 70.9 cm³/mol. The highest BCUT2D eigenvalue weighted by Crippen LogP contribution is 2.28. The summed E-state index contributed by atoms with van der Waals surface area (Å²) >= 11 is 0. The van der Waals surface area contributed by atoms with Gasteiger partial charge in [-0.2, -0.15) is 0 Å². The Hall–Kier alpha value is -2.10. The summed E-state index contributed by atoms with van der Waals surface area (Å²) in [6.07, 6.45) is 2.92. The lowest BCUT2D eigenvalue weighted by Gasteiger charge is -2.08. The highest BCUT2D eigenvalue weighted by atomic mass is 16.5. The fourth-order valence-electron chi connectivity index (χ4n) is 2.63. The number of rotatable bonds is 1. The van der Waals surface area contributed by atoms with E-state index in [9.17, 15) is 9.59 Å². The van der Waals surface area contributed by atoms with Crippen LogP contribution >= 0.6 is 0 Å². The van der Waals surface area contributed by atoms with Crippen LogP contribution in [0.3, 0.4) is 0 Å². The quantitative estimate of drug-likeness (QED) is 0.583. The molecule has 0 fully saturated rings. The first kappa shape index (κ1) is 12.0. The summed E-state index contributed by atoms with van der Waals surface area (Å²) in [5, 5.41) is 0.839. The number of benzene rings is 1. The smallest absolute Gasteiger partial charge is 0.347 e. The number of ether oxygens (including phenoxy) is 1. The van der Waals surface area contributed by atoms with Crippen molar-refractivity contribution in [3.63, 3.8) is 0 Å². The number of hydrogen-bond donors (Lipinski definition) is 0. The SMILES string of the molecule is COc1ccc2c3c(c(=O)oc2c1)C(=O)CCCC3. The van der Waals surface area contributed by atoms with Gasteiger partial charge in [-0.15, -0.1) is 0 Å². The van der Waals surface area contributed by atoms with Gasteiger partial charge < -0.3 is 9.15 Å². The molecule has 3 rings (SSSR count). The molecular weight excluding hydrogens is 244 g/mol. The molecule has 1 heterocycles. The van der Waals surface area contributed by atoms with E-state index in [1.54, 1.807) is 13.2 Å². The number of carbonyl (C=O) groups is 1. The second-order valence-electron chi connectivity index (χ2n) is 4.74. The zero-order valence-electron chi connectivity index (χ0n) is 10.7. The number of carbonyl (C=O) groups excluding carboxylic acids is 1. The van der Waals surface area contributed by atoms with E-state index in [-0.39, 0.29) is 11.3 Å². The zero-order valence-corrected chi connectivity index (χ0v) is 10.7. The van der Waals surface area contributed by atoms with Gasteiger partial charge in [0.25, 0.3) is 0 Å². The monoisotopic (exact) mass is 258 g/mol. The Labute approximate surface area is 110 Å². The standard InChI is InChI=1S/C15H14O4/c1-18-9-6-7-10-11-4-2-3-5-12(16)14(11)15(17)19-13(10)8-9/h6-8H,2-5H2,1H3. The summed E-state index contributed by atoms with van der Waals surface area (Å²) in [4.78, 5) is 24.0. The third kappa shape index (κ3) is 1.93. The highest BCUT2D eigenvalue weighted by molar-refractivity contribution is 6.01. The lowest BCUT2D eigenvalue weighted by molar-refractivity contribution is 0.0978. The molecule has 98 valence electrons. The first-order valence-corrected chi connectivity index (χ1v) is 6.37. The molecule has 1 aromatic carbocycles. The summed E-state index contributed by atoms with van der Waals surface area (Å²) in [7, 11) is 1.56. The van der Waals surface area contributed by atoms with Crippen LogP contribution in [0.1, 0.15) is 35.2 Å². The second kappa shape index (κ2) is 4.53. The largest absolute Gasteiger partial charge is 0.497 e. The van der Waals surface area contributed by atoms with Crippen LogP contribution in [-0.4, -0.2) is 12.9 Å². The van der Waals surface area contributed by atoms with Crippen LogP contribution in [0, 0.1) is 0 Å². The van der Waals surface area contributed by atoms with E-state index in [2.05, 4.69) is 0 Å². The van der Waals surface area contributed by atoms with Gasteiger partial charge >= 0.3 is 5.63 Å². The lowest BCUT2D eigenvalue weighted by atomic mass is 10.00. The maximum atomic E-state index is 12.0. The van der Waals surface area contributed by atoms with Crippen LogP contribution in [0.5, 0.6) is 5.75 Å². The Morgan fingerprint density at radius 3 is 2.74 bits per heavy atom. The van der Waals surface area contributed by atoms with Gasteiger partial charge in [0.15, 0.2) is 5.78 Å². The fourth-order valence-corrected chi connectivity index (χ4v) is 2.63. The molecule has 1 aliphatic rings. The molecule has 0 N–H and O–H groups in total. The van der Waals surface area contributed by atoms with Crippen molar-refractivity contribution in [3.8, 4) is 5.75 Å². The molecule has 4 heteroatoms. The molecule has 0 saturated carbocycles. The van der Waals surface area contributed by atoms with Gasteiger partial charge in [-0.05, 0) is 37.0 Å². The summed E-state index contributed by atoms with van der Waals surface area (Å²) in [5.74, 6) is 0.537. The van der Waals surface area contributed by atoms with E-state index in [0.717, 1.165) is 30.2 Å². The molecule has 0 spiro atoms. The molecule has 0 saturated heterocycles. The first-order valence-electron chi connectivity index (χ1n) is 6.37. The summed E-state index contributed by atoms with van der Waals surface area (Å²) in [6, 6.07) is 5.36. The van der Waals surface area contributed by atoms with Crippen molar-refractivity contribution >= 4 is 16.8 Å². The molecule has 1 aromatic heterocycles. The molecule has 4 nitrogen and oxygen atoms in total. The normalized spacial score (nSPS) is 15.1. The number of methoxy groups -OCH3 is 1. The Morgan fingerprint density at radius 1 is 1.16 bits per heavy atom. The molecule has 2 aromatic rings. The maximum absolute atomic E-state index is 12.0. The third-order valence-electron chi connectivity index (χ3n) is 3.58. The lowest BCUT2D eigenvalue weighted by Crippen LogP contribution is -2.16. The van der Waals surface area contributed by atoms with E-state index >= 15 is 0 Å². The predicted octanol–water partition coefficient (Wildman–Crippen LogP) is 2.71. The van der Waals surface area contributed by atoms with Crippen LogP contribution in [-0.2, 0) is 6.42 Å². The zero-order chi connectivity index (χ0) is 13.4. The van der Waals surface area contributed by atoms with E-state index in [1.165, 1.54) is 0 Å². The van der Waals surface area contributed by atoms with Crippen LogP contribution in [0.25, 0.3) is 11.0 Å². The van der Waals surface area contributed by atoms with Crippen molar-refractivity contribution in [1.82, 2.24) is 0 Å². The molecule has 0 atom stereocenters. The van der Waals surface area contributed by atoms with E-state index < -0.39 is 5.63 Å². The van der Waals surface area contributed by atoms with E-state index in [4.69, 9.17) is 9.15 Å². The van der Waals surface area contributed by atoms with Gasteiger partial charge in [-0.3, -0.25) is 4.79 Å². The maximum Gasteiger partial charge on any atom is 0.347 e. The summed E-state index contributed by atoms with van der Waals surface area (Å²) in [5.41, 5.74) is 1.03. The first-order chi connectivity index (χ1) is 9.20. The number of ketones is 1. The molecule has 19 heavy (non-hydrogen) atoms. The third-order valence-corrected chi connectivity index (χ3v) is 3.58. The Balaban J connectivity index is 2.35. The number of fused-ring (bicyclic) bond motifs is 3. The van der Waals surface area contributed by atoms with Crippen LogP contribution < -0.4 is 10.4 Å². The molecule has 0 bridgehead atoms. The Bertz CT molecular complexity index is 712. The van der Waals surface area contributed by atoms with Crippen LogP contribution in [0.15, 0.2) is 27.4 Å². The van der Waals surface area contributed by atoms with Crippen LogP contribution in [0.4, 0.5) is 0 Å².